The van der Waals surface area contributed by atoms with Crippen LogP contribution in [0.1, 0.15) is 4.88 Å². The summed E-state index contributed by atoms with van der Waals surface area (Å²) >= 11 is 6.33. The number of thiophene rings is 1. The smallest absolute Gasteiger partial charge is 0.250 e. The third-order valence-corrected chi connectivity index (χ3v) is 5.49. The molecule has 9 heteroatoms. The molecule has 3 aromatic rings. The van der Waals surface area contributed by atoms with Crippen LogP contribution in [0.2, 0.25) is 0 Å². The van der Waals surface area contributed by atoms with Crippen LogP contribution in [0.5, 0.6) is 0 Å². The summed E-state index contributed by atoms with van der Waals surface area (Å²) in [6.07, 6.45) is 1.63. The summed E-state index contributed by atoms with van der Waals surface area (Å²) in [5.74, 6) is 0.774. The Morgan fingerprint density at radius 2 is 2.28 bits per heavy atom. The number of nitrogens with zero attached hydrogens (tertiary/aromatic N) is 4. The van der Waals surface area contributed by atoms with E-state index in [2.05, 4.69) is 36.7 Å². The topological polar surface area (TPSA) is 72.2 Å². The van der Waals surface area contributed by atoms with E-state index < -0.39 is 0 Å². The van der Waals surface area contributed by atoms with Gasteiger partial charge < -0.3 is 4.57 Å². The molecule has 2 heterocycles. The molecule has 0 bridgehead atoms. The van der Waals surface area contributed by atoms with Gasteiger partial charge >= 0.3 is 0 Å². The van der Waals surface area contributed by atoms with Crippen molar-refractivity contribution in [1.82, 2.24) is 20.2 Å². The summed E-state index contributed by atoms with van der Waals surface area (Å²) in [5, 5.41) is 14.9. The molecule has 0 unspecified atom stereocenters. The Labute approximate surface area is 161 Å². The van der Waals surface area contributed by atoms with Gasteiger partial charge in [0.25, 0.3) is 5.91 Å². The summed E-state index contributed by atoms with van der Waals surface area (Å²) in [6.45, 7) is 0. The average Bonchev–Trinajstić information content (AvgIpc) is 3.23. The van der Waals surface area contributed by atoms with Crippen LogP contribution in [0.25, 0.3) is 11.4 Å². The van der Waals surface area contributed by atoms with Crippen molar-refractivity contribution >= 4 is 51.2 Å². The lowest BCUT2D eigenvalue weighted by atomic mass is 10.2. The Bertz CT molecular complexity index is 892. The molecule has 3 rings (SSSR count). The molecule has 0 atom stereocenters. The molecule has 2 aromatic heterocycles. The summed E-state index contributed by atoms with van der Waals surface area (Å²) < 4.78 is 2.85. The summed E-state index contributed by atoms with van der Waals surface area (Å²) in [5.41, 5.74) is 3.47. The maximum atomic E-state index is 11.9. The Kier molecular flexibility index (Phi) is 6.00. The molecule has 0 aliphatic carbocycles. The first-order valence-electron chi connectivity index (χ1n) is 7.27. The Morgan fingerprint density at radius 3 is 3.04 bits per heavy atom. The van der Waals surface area contributed by atoms with Crippen LogP contribution in [0, 0.1) is 0 Å². The second-order valence-corrected chi connectivity index (χ2v) is 7.81. The van der Waals surface area contributed by atoms with Crippen LogP contribution >= 0.6 is 39.0 Å². The highest BCUT2D eigenvalue weighted by Crippen LogP contribution is 2.24. The monoisotopic (exact) mass is 435 g/mol. The van der Waals surface area contributed by atoms with Gasteiger partial charge in [-0.25, -0.2) is 5.43 Å². The van der Waals surface area contributed by atoms with E-state index in [1.165, 1.54) is 11.8 Å². The summed E-state index contributed by atoms with van der Waals surface area (Å²) in [4.78, 5) is 12.9. The maximum Gasteiger partial charge on any atom is 0.250 e. The zero-order valence-corrected chi connectivity index (χ0v) is 16.4. The second kappa shape index (κ2) is 8.41. The number of rotatable bonds is 6. The van der Waals surface area contributed by atoms with Gasteiger partial charge in [0, 0.05) is 22.0 Å². The van der Waals surface area contributed by atoms with Gasteiger partial charge in [0.1, 0.15) is 0 Å². The fourth-order valence-corrected chi connectivity index (χ4v) is 3.70. The molecule has 0 aliphatic rings. The van der Waals surface area contributed by atoms with Gasteiger partial charge in [0.15, 0.2) is 11.0 Å². The highest BCUT2D eigenvalue weighted by Gasteiger charge is 2.12. The number of thioether (sulfide) groups is 1. The van der Waals surface area contributed by atoms with E-state index in [0.717, 1.165) is 20.7 Å². The van der Waals surface area contributed by atoms with Crippen molar-refractivity contribution in [2.45, 2.75) is 5.16 Å². The van der Waals surface area contributed by atoms with E-state index in [-0.39, 0.29) is 11.7 Å². The molecule has 128 valence electrons. The minimum absolute atomic E-state index is 0.190. The lowest BCUT2D eigenvalue weighted by molar-refractivity contribution is -0.118. The summed E-state index contributed by atoms with van der Waals surface area (Å²) in [6, 6.07) is 11.7. The van der Waals surface area contributed by atoms with Crippen LogP contribution in [0.3, 0.4) is 0 Å². The molecular weight excluding hydrogens is 422 g/mol. The molecule has 0 fully saturated rings. The van der Waals surface area contributed by atoms with Gasteiger partial charge in [-0.2, -0.15) is 5.10 Å². The molecule has 1 N–H and O–H groups in total. The molecule has 0 saturated heterocycles. The van der Waals surface area contributed by atoms with Crippen molar-refractivity contribution in [2.24, 2.45) is 12.1 Å². The van der Waals surface area contributed by atoms with Crippen molar-refractivity contribution < 1.29 is 4.79 Å². The standard InChI is InChI=1S/C16H14BrN5OS2/c1-22-15(11-4-2-5-12(17)8-11)20-21-16(22)25-10-14(23)19-18-9-13-6-3-7-24-13/h2-9H,10H2,1H3,(H,19,23). The first-order chi connectivity index (χ1) is 12.1. The number of halogens is 1. The first-order valence-corrected chi connectivity index (χ1v) is 9.93. The normalized spacial score (nSPS) is 11.1. The van der Waals surface area contributed by atoms with Crippen molar-refractivity contribution in [3.05, 3.63) is 51.1 Å². The van der Waals surface area contributed by atoms with Gasteiger partial charge in [-0.15, -0.1) is 21.5 Å². The highest BCUT2D eigenvalue weighted by molar-refractivity contribution is 9.10. The number of benzene rings is 1. The highest BCUT2D eigenvalue weighted by atomic mass is 79.9. The molecule has 1 amide bonds. The quantitative estimate of drug-likeness (QED) is 0.365. The third-order valence-electron chi connectivity index (χ3n) is 3.17. The van der Waals surface area contributed by atoms with Gasteiger partial charge in [-0.1, -0.05) is 45.9 Å². The van der Waals surface area contributed by atoms with Crippen molar-refractivity contribution in [3.8, 4) is 11.4 Å². The Hall–Kier alpha value is -1.97. The van der Waals surface area contributed by atoms with E-state index in [1.54, 1.807) is 17.6 Å². The number of amides is 1. The number of carbonyl (C=O) groups excluding carboxylic acids is 1. The van der Waals surface area contributed by atoms with Crippen LogP contribution in [0.15, 0.2) is 56.5 Å². The number of hydrogen-bond acceptors (Lipinski definition) is 6. The Morgan fingerprint density at radius 1 is 1.40 bits per heavy atom. The van der Waals surface area contributed by atoms with Gasteiger partial charge in [0.2, 0.25) is 0 Å². The van der Waals surface area contributed by atoms with E-state index in [9.17, 15) is 4.79 Å². The number of hydrazone groups is 1. The van der Waals surface area contributed by atoms with Crippen molar-refractivity contribution in [1.29, 1.82) is 0 Å². The molecule has 0 radical (unpaired) electrons. The van der Waals surface area contributed by atoms with Crippen LogP contribution in [-0.2, 0) is 11.8 Å². The largest absolute Gasteiger partial charge is 0.305 e. The number of nitrogens with one attached hydrogen (secondary N) is 1. The van der Waals surface area contributed by atoms with Crippen LogP contribution < -0.4 is 5.43 Å². The molecule has 0 aliphatic heterocycles. The van der Waals surface area contributed by atoms with E-state index in [1.807, 2.05) is 53.4 Å². The lowest BCUT2D eigenvalue weighted by Gasteiger charge is -2.04. The number of hydrogen-bond donors (Lipinski definition) is 1. The van der Waals surface area contributed by atoms with E-state index in [4.69, 9.17) is 0 Å². The first kappa shape index (κ1) is 17.8. The van der Waals surface area contributed by atoms with Crippen molar-refractivity contribution in [2.75, 3.05) is 5.75 Å². The molecule has 6 nitrogen and oxygen atoms in total. The molecule has 1 aromatic carbocycles. The predicted molar refractivity (Wildman–Crippen MR) is 105 cm³/mol. The zero-order valence-electron chi connectivity index (χ0n) is 13.2. The Balaban J connectivity index is 1.57. The fraction of sp³-hybridized carbons (Fsp3) is 0.125. The zero-order chi connectivity index (χ0) is 17.6. The molecule has 0 saturated carbocycles. The minimum atomic E-state index is -0.190. The maximum absolute atomic E-state index is 11.9. The van der Waals surface area contributed by atoms with Gasteiger partial charge in [-0.3, -0.25) is 4.79 Å². The predicted octanol–water partition coefficient (Wildman–Crippen LogP) is 3.55. The van der Waals surface area contributed by atoms with Gasteiger partial charge in [-0.05, 0) is 23.6 Å². The average molecular weight is 436 g/mol. The lowest BCUT2D eigenvalue weighted by Crippen LogP contribution is -2.19. The number of aromatic nitrogens is 3. The van der Waals surface area contributed by atoms with Gasteiger partial charge in [0.05, 0.1) is 12.0 Å². The SMILES string of the molecule is Cn1c(SCC(=O)NN=Cc2cccs2)nnc1-c1cccc(Br)c1. The van der Waals surface area contributed by atoms with E-state index >= 15 is 0 Å². The second-order valence-electron chi connectivity index (χ2n) is 4.97. The minimum Gasteiger partial charge on any atom is -0.305 e. The molecular formula is C16H14BrN5OS2. The van der Waals surface area contributed by atoms with Crippen LogP contribution in [0.4, 0.5) is 0 Å². The fourth-order valence-electron chi connectivity index (χ4n) is 2.01. The third kappa shape index (κ3) is 4.77. The number of carbonyl (C=O) groups is 1. The molecule has 25 heavy (non-hydrogen) atoms. The van der Waals surface area contributed by atoms with Crippen LogP contribution in [-0.4, -0.2) is 32.6 Å². The molecule has 0 spiro atoms. The summed E-state index contributed by atoms with van der Waals surface area (Å²) in [7, 11) is 1.88. The van der Waals surface area contributed by atoms with E-state index in [0.29, 0.717) is 5.16 Å². The van der Waals surface area contributed by atoms with Crippen molar-refractivity contribution in [3.63, 3.8) is 0 Å².